The maximum absolute atomic E-state index is 11.8. The number of benzene rings is 2. The van der Waals surface area contributed by atoms with Crippen molar-refractivity contribution >= 4 is 48.6 Å². The summed E-state index contributed by atoms with van der Waals surface area (Å²) in [5.74, 6) is 0.566. The second-order valence-electron chi connectivity index (χ2n) is 4.50. The van der Waals surface area contributed by atoms with Gasteiger partial charge in [-0.25, -0.2) is 0 Å². The van der Waals surface area contributed by atoms with Gasteiger partial charge >= 0.3 is 5.97 Å². The van der Waals surface area contributed by atoms with Gasteiger partial charge in [0, 0.05) is 5.39 Å². The van der Waals surface area contributed by atoms with Crippen molar-refractivity contribution in [2.24, 2.45) is 0 Å². The monoisotopic (exact) mass is 414 g/mol. The van der Waals surface area contributed by atoms with Gasteiger partial charge in [0.1, 0.15) is 10.6 Å². The number of ether oxygens (including phenoxy) is 2. The van der Waals surface area contributed by atoms with Crippen LogP contribution in [0.2, 0.25) is 0 Å². The Balaban J connectivity index is 2.32. The zero-order valence-corrected chi connectivity index (χ0v) is 15.0. The first kappa shape index (κ1) is 16.3. The summed E-state index contributed by atoms with van der Waals surface area (Å²) in [7, 11) is 1.66. The van der Waals surface area contributed by atoms with Crippen molar-refractivity contribution in [3.05, 3.63) is 42.0 Å². The molecule has 0 N–H and O–H groups in total. The van der Waals surface area contributed by atoms with Crippen molar-refractivity contribution in [3.63, 3.8) is 0 Å². The number of esters is 1. The molecular weight excluding hydrogens is 400 g/mol. The zero-order valence-electron chi connectivity index (χ0n) is 11.8. The molecule has 0 aliphatic heterocycles. The van der Waals surface area contributed by atoms with Crippen LogP contribution < -0.4 is 4.74 Å². The molecule has 0 saturated heterocycles. The fraction of sp³-hybridized carbons (Fsp3) is 0.312. The third kappa shape index (κ3) is 3.58. The van der Waals surface area contributed by atoms with Gasteiger partial charge in [0.2, 0.25) is 0 Å². The molecule has 0 spiro atoms. The van der Waals surface area contributed by atoms with Crippen molar-refractivity contribution < 1.29 is 14.3 Å². The van der Waals surface area contributed by atoms with Gasteiger partial charge < -0.3 is 9.47 Å². The molecule has 2 aromatic carbocycles. The highest BCUT2D eigenvalue weighted by atomic mass is 79.9. The standard InChI is InChI=1S/C16H16Br2O3/c1-3-21-16(19)15(18)14(17)11-7-8-12-10(9-11)5-4-6-13(12)20-2/h4-9,14-15H,3H2,1-2H3. The Morgan fingerprint density at radius 1 is 1.24 bits per heavy atom. The minimum absolute atomic E-state index is 0.160. The predicted octanol–water partition coefficient (Wildman–Crippen LogP) is 4.61. The highest BCUT2D eigenvalue weighted by molar-refractivity contribution is 9.12. The molecule has 0 fully saturated rings. The maximum Gasteiger partial charge on any atom is 0.321 e. The molecule has 0 saturated carbocycles. The van der Waals surface area contributed by atoms with Crippen molar-refractivity contribution in [2.45, 2.75) is 16.6 Å². The number of carbonyl (C=O) groups is 1. The summed E-state index contributed by atoms with van der Waals surface area (Å²) >= 11 is 6.96. The number of rotatable bonds is 5. The average molecular weight is 416 g/mol. The van der Waals surface area contributed by atoms with E-state index in [2.05, 4.69) is 31.9 Å². The van der Waals surface area contributed by atoms with E-state index in [1.165, 1.54) is 0 Å². The lowest BCUT2D eigenvalue weighted by atomic mass is 10.0. The number of carbonyl (C=O) groups excluding carboxylic acids is 1. The molecule has 0 bridgehead atoms. The quantitative estimate of drug-likeness (QED) is 0.528. The summed E-state index contributed by atoms with van der Waals surface area (Å²) in [5, 5.41) is 2.12. The molecule has 0 radical (unpaired) electrons. The molecule has 0 aliphatic carbocycles. The lowest BCUT2D eigenvalue weighted by Crippen LogP contribution is -2.21. The van der Waals surface area contributed by atoms with Crippen LogP contribution in [0.1, 0.15) is 17.3 Å². The minimum atomic E-state index is -0.430. The van der Waals surface area contributed by atoms with E-state index in [1.54, 1.807) is 14.0 Å². The molecular formula is C16H16Br2O3. The second kappa shape index (κ2) is 7.27. The molecule has 2 aromatic rings. The Morgan fingerprint density at radius 3 is 2.67 bits per heavy atom. The first-order valence-electron chi connectivity index (χ1n) is 6.60. The van der Waals surface area contributed by atoms with E-state index in [-0.39, 0.29) is 10.8 Å². The van der Waals surface area contributed by atoms with E-state index in [0.29, 0.717) is 6.61 Å². The fourth-order valence-electron chi connectivity index (χ4n) is 2.13. The Kier molecular flexibility index (Phi) is 5.65. The molecule has 2 atom stereocenters. The van der Waals surface area contributed by atoms with Crippen molar-refractivity contribution in [3.8, 4) is 5.75 Å². The highest BCUT2D eigenvalue weighted by Gasteiger charge is 2.26. The van der Waals surface area contributed by atoms with Crippen LogP contribution in [0.25, 0.3) is 10.8 Å². The molecule has 0 aromatic heterocycles. The number of halogens is 2. The Morgan fingerprint density at radius 2 is 2.00 bits per heavy atom. The van der Waals surface area contributed by atoms with Gasteiger partial charge in [0.05, 0.1) is 18.5 Å². The summed E-state index contributed by atoms with van der Waals surface area (Å²) in [6, 6.07) is 11.9. The zero-order chi connectivity index (χ0) is 15.4. The first-order chi connectivity index (χ1) is 10.1. The Hall–Kier alpha value is -1.07. The number of hydrogen-bond acceptors (Lipinski definition) is 3. The van der Waals surface area contributed by atoms with Crippen molar-refractivity contribution in [2.75, 3.05) is 13.7 Å². The van der Waals surface area contributed by atoms with Crippen LogP contribution in [-0.4, -0.2) is 24.5 Å². The molecule has 0 amide bonds. The van der Waals surface area contributed by atoms with Crippen LogP contribution in [0.15, 0.2) is 36.4 Å². The summed E-state index contributed by atoms with van der Waals surface area (Å²) in [6.07, 6.45) is 0. The van der Waals surface area contributed by atoms with Crippen LogP contribution in [0, 0.1) is 0 Å². The van der Waals surface area contributed by atoms with Gasteiger partial charge in [-0.1, -0.05) is 56.1 Å². The first-order valence-corrected chi connectivity index (χ1v) is 8.43. The molecule has 2 rings (SSSR count). The fourth-order valence-corrected chi connectivity index (χ4v) is 3.07. The van der Waals surface area contributed by atoms with Gasteiger partial charge in [-0.3, -0.25) is 4.79 Å². The lowest BCUT2D eigenvalue weighted by molar-refractivity contribution is -0.142. The SMILES string of the molecule is CCOC(=O)C(Br)C(Br)c1ccc2c(OC)cccc2c1. The number of alkyl halides is 2. The van der Waals surface area contributed by atoms with Gasteiger partial charge in [-0.05, 0) is 30.0 Å². The van der Waals surface area contributed by atoms with E-state index in [1.807, 2.05) is 36.4 Å². The smallest absolute Gasteiger partial charge is 0.321 e. The summed E-state index contributed by atoms with van der Waals surface area (Å²) in [6.45, 7) is 2.17. The predicted molar refractivity (Wildman–Crippen MR) is 91.5 cm³/mol. The van der Waals surface area contributed by atoms with Crippen LogP contribution >= 0.6 is 31.9 Å². The van der Waals surface area contributed by atoms with E-state index < -0.39 is 4.83 Å². The van der Waals surface area contributed by atoms with Gasteiger partial charge in [0.15, 0.2) is 0 Å². The molecule has 112 valence electrons. The van der Waals surface area contributed by atoms with Crippen LogP contribution in [-0.2, 0) is 9.53 Å². The molecule has 3 nitrogen and oxygen atoms in total. The molecule has 0 heterocycles. The Bertz CT molecular complexity index is 642. The average Bonchev–Trinajstić information content (AvgIpc) is 2.52. The third-order valence-electron chi connectivity index (χ3n) is 3.17. The van der Waals surface area contributed by atoms with Crippen molar-refractivity contribution in [1.82, 2.24) is 0 Å². The Labute approximate surface area is 140 Å². The van der Waals surface area contributed by atoms with Crippen LogP contribution in [0.4, 0.5) is 0 Å². The van der Waals surface area contributed by atoms with Gasteiger partial charge in [-0.15, -0.1) is 0 Å². The molecule has 21 heavy (non-hydrogen) atoms. The number of methoxy groups -OCH3 is 1. The summed E-state index contributed by atoms with van der Waals surface area (Å²) in [4.78, 5) is 11.2. The lowest BCUT2D eigenvalue weighted by Gasteiger charge is -2.16. The summed E-state index contributed by atoms with van der Waals surface area (Å²) < 4.78 is 10.4. The number of hydrogen-bond donors (Lipinski definition) is 0. The third-order valence-corrected chi connectivity index (χ3v) is 5.84. The van der Waals surface area contributed by atoms with Gasteiger partial charge in [0.25, 0.3) is 0 Å². The van der Waals surface area contributed by atoms with E-state index >= 15 is 0 Å². The van der Waals surface area contributed by atoms with Crippen LogP contribution in [0.5, 0.6) is 5.75 Å². The second-order valence-corrected chi connectivity index (χ2v) is 6.47. The normalized spacial score (nSPS) is 13.7. The molecule has 2 unspecified atom stereocenters. The van der Waals surface area contributed by atoms with Crippen molar-refractivity contribution in [1.29, 1.82) is 0 Å². The van der Waals surface area contributed by atoms with E-state index in [0.717, 1.165) is 22.1 Å². The topological polar surface area (TPSA) is 35.5 Å². The van der Waals surface area contributed by atoms with E-state index in [4.69, 9.17) is 9.47 Å². The number of fused-ring (bicyclic) bond motifs is 1. The largest absolute Gasteiger partial charge is 0.496 e. The van der Waals surface area contributed by atoms with E-state index in [9.17, 15) is 4.79 Å². The highest BCUT2D eigenvalue weighted by Crippen LogP contribution is 2.35. The van der Waals surface area contributed by atoms with Gasteiger partial charge in [-0.2, -0.15) is 0 Å². The summed E-state index contributed by atoms with van der Waals surface area (Å²) in [5.41, 5.74) is 1.01. The molecule has 5 heteroatoms. The molecule has 0 aliphatic rings. The maximum atomic E-state index is 11.8. The minimum Gasteiger partial charge on any atom is -0.496 e. The van der Waals surface area contributed by atoms with Crippen LogP contribution in [0.3, 0.4) is 0 Å².